The first-order valence-corrected chi connectivity index (χ1v) is 3.25. The van der Waals surface area contributed by atoms with Crippen molar-refractivity contribution in [2.24, 2.45) is 0 Å². The molecule has 0 spiro atoms. The highest BCUT2D eigenvalue weighted by molar-refractivity contribution is 6.64. The van der Waals surface area contributed by atoms with Gasteiger partial charge in [-0.1, -0.05) is 0 Å². The van der Waals surface area contributed by atoms with E-state index in [4.69, 9.17) is 11.6 Å². The lowest BCUT2D eigenvalue weighted by Gasteiger charge is -2.09. The first kappa shape index (κ1) is 7.50. The van der Waals surface area contributed by atoms with Crippen molar-refractivity contribution in [1.29, 1.82) is 0 Å². The normalized spacial score (nSPS) is 18.1. The van der Waals surface area contributed by atoms with Crippen molar-refractivity contribution in [2.45, 2.75) is 0 Å². The molecule has 0 radical (unpaired) electrons. The zero-order valence-electron chi connectivity index (χ0n) is 5.26. The van der Waals surface area contributed by atoms with E-state index in [0.717, 1.165) is 0 Å². The number of carbonyl (C=O) groups excluding carboxylic acids is 2. The lowest BCUT2D eigenvalue weighted by atomic mass is 10.5. The Hall–Kier alpha value is -0.610. The van der Waals surface area contributed by atoms with Crippen LogP contribution in [0, 0.1) is 0 Å². The van der Waals surface area contributed by atoms with E-state index in [0.29, 0.717) is 13.2 Å². The van der Waals surface area contributed by atoms with Crippen molar-refractivity contribution >= 4 is 22.8 Å². The maximum atomic E-state index is 10.8. The summed E-state index contributed by atoms with van der Waals surface area (Å²) in [6, 6.07) is 0. The number of rotatable bonds is 2. The van der Waals surface area contributed by atoms with Gasteiger partial charge in [0.2, 0.25) is 11.1 Å². The van der Waals surface area contributed by atoms with Gasteiger partial charge in [-0.3, -0.25) is 14.9 Å². The molecule has 1 rings (SSSR count). The molecule has 0 aromatic carbocycles. The van der Waals surface area contributed by atoms with Gasteiger partial charge < -0.3 is 4.90 Å². The van der Waals surface area contributed by atoms with Gasteiger partial charge in [-0.05, 0) is 11.6 Å². The van der Waals surface area contributed by atoms with Crippen LogP contribution in [0.4, 0.5) is 0 Å². The molecule has 1 aliphatic heterocycles. The molecule has 0 bridgehead atoms. The second kappa shape index (κ2) is 2.98. The Morgan fingerprint density at radius 2 is 2.50 bits per heavy atom. The molecule has 1 heterocycles. The van der Waals surface area contributed by atoms with Crippen LogP contribution in [0.2, 0.25) is 0 Å². The molecule has 0 saturated carbocycles. The van der Waals surface area contributed by atoms with E-state index in [2.05, 4.69) is 5.32 Å². The fourth-order valence-electron chi connectivity index (χ4n) is 0.792. The maximum Gasteiger partial charge on any atom is 0.241 e. The van der Waals surface area contributed by atoms with Gasteiger partial charge in [0.25, 0.3) is 0 Å². The van der Waals surface area contributed by atoms with Crippen molar-refractivity contribution in [1.82, 2.24) is 10.2 Å². The Balaban J connectivity index is 2.40. The summed E-state index contributed by atoms with van der Waals surface area (Å²) in [5.74, 6) is -0.0750. The van der Waals surface area contributed by atoms with Gasteiger partial charge in [-0.25, -0.2) is 0 Å². The third-order valence-corrected chi connectivity index (χ3v) is 1.37. The molecule has 1 aliphatic rings. The minimum atomic E-state index is -0.503. The van der Waals surface area contributed by atoms with Gasteiger partial charge in [-0.2, -0.15) is 0 Å². The Labute approximate surface area is 63.1 Å². The second-order valence-electron chi connectivity index (χ2n) is 2.03. The molecule has 4 nitrogen and oxygen atoms in total. The zero-order chi connectivity index (χ0) is 7.56. The molecular weight excluding hydrogens is 156 g/mol. The smallest absolute Gasteiger partial charge is 0.241 e. The summed E-state index contributed by atoms with van der Waals surface area (Å²) in [5, 5.41) is 2.29. The molecule has 0 aromatic heterocycles. The highest BCUT2D eigenvalue weighted by atomic mass is 35.5. The van der Waals surface area contributed by atoms with Crippen LogP contribution in [0.5, 0.6) is 0 Å². The first-order valence-electron chi connectivity index (χ1n) is 2.87. The Bertz CT molecular complexity index is 171. The van der Waals surface area contributed by atoms with Crippen molar-refractivity contribution < 1.29 is 9.59 Å². The van der Waals surface area contributed by atoms with Gasteiger partial charge in [0.1, 0.15) is 0 Å². The van der Waals surface area contributed by atoms with Gasteiger partial charge >= 0.3 is 0 Å². The number of nitrogens with one attached hydrogen (secondary N) is 1. The predicted molar refractivity (Wildman–Crippen MR) is 35.4 cm³/mol. The third-order valence-electron chi connectivity index (χ3n) is 1.25. The summed E-state index contributed by atoms with van der Waals surface area (Å²) >= 11 is 5.06. The molecule has 1 amide bonds. The van der Waals surface area contributed by atoms with E-state index < -0.39 is 5.24 Å². The minimum absolute atomic E-state index is 0.00733. The Morgan fingerprint density at radius 1 is 1.80 bits per heavy atom. The number of hydrogen-bond acceptors (Lipinski definition) is 3. The monoisotopic (exact) mass is 162 g/mol. The molecule has 1 fully saturated rings. The zero-order valence-corrected chi connectivity index (χ0v) is 6.02. The topological polar surface area (TPSA) is 49.4 Å². The SMILES string of the molecule is O=C(Cl)CN1CNCC1=O. The van der Waals surface area contributed by atoms with Gasteiger partial charge in [-0.15, -0.1) is 0 Å². The van der Waals surface area contributed by atoms with Crippen LogP contribution in [0.1, 0.15) is 0 Å². The number of carbonyl (C=O) groups is 2. The van der Waals surface area contributed by atoms with Crippen molar-refractivity contribution in [3.05, 3.63) is 0 Å². The van der Waals surface area contributed by atoms with E-state index in [1.165, 1.54) is 4.90 Å². The van der Waals surface area contributed by atoms with Crippen molar-refractivity contribution in [2.75, 3.05) is 19.8 Å². The summed E-state index contributed by atoms with van der Waals surface area (Å²) in [6.45, 7) is 0.745. The average Bonchev–Trinajstić information content (AvgIpc) is 2.15. The van der Waals surface area contributed by atoms with Crippen molar-refractivity contribution in [3.63, 3.8) is 0 Å². The molecular formula is C5H7ClN2O2. The number of hydrogen-bond donors (Lipinski definition) is 1. The summed E-state index contributed by atoms with van der Waals surface area (Å²) in [5.41, 5.74) is 0. The van der Waals surface area contributed by atoms with E-state index in [1.807, 2.05) is 0 Å². The first-order chi connectivity index (χ1) is 4.70. The number of nitrogens with zero attached hydrogens (tertiary/aromatic N) is 1. The number of amides is 1. The molecule has 0 unspecified atom stereocenters. The fourth-order valence-corrected chi connectivity index (χ4v) is 0.936. The Kier molecular flexibility index (Phi) is 2.24. The van der Waals surface area contributed by atoms with Crippen LogP contribution in [0.15, 0.2) is 0 Å². The van der Waals surface area contributed by atoms with Gasteiger partial charge in [0.15, 0.2) is 0 Å². The van der Waals surface area contributed by atoms with Gasteiger partial charge in [0.05, 0.1) is 19.8 Å². The van der Waals surface area contributed by atoms with Crippen LogP contribution in [0.25, 0.3) is 0 Å². The highest BCUT2D eigenvalue weighted by Crippen LogP contribution is 1.95. The summed E-state index contributed by atoms with van der Waals surface area (Å²) in [6.07, 6.45) is 0. The molecule has 5 heteroatoms. The van der Waals surface area contributed by atoms with Crippen LogP contribution >= 0.6 is 11.6 Å². The molecule has 1 N–H and O–H groups in total. The van der Waals surface area contributed by atoms with Crippen LogP contribution in [0.3, 0.4) is 0 Å². The molecule has 56 valence electrons. The maximum absolute atomic E-state index is 10.8. The number of halogens is 1. The summed E-state index contributed by atoms with van der Waals surface area (Å²) in [4.78, 5) is 22.4. The molecule has 0 aromatic rings. The molecule has 10 heavy (non-hydrogen) atoms. The standard InChI is InChI=1S/C5H7ClN2O2/c6-4(9)2-8-3-7-1-5(8)10/h7H,1-3H2. The highest BCUT2D eigenvalue weighted by Gasteiger charge is 2.20. The van der Waals surface area contributed by atoms with Crippen molar-refractivity contribution in [3.8, 4) is 0 Å². The molecule has 0 atom stereocenters. The van der Waals surface area contributed by atoms with Gasteiger partial charge in [0, 0.05) is 0 Å². The van der Waals surface area contributed by atoms with E-state index in [-0.39, 0.29) is 12.5 Å². The van der Waals surface area contributed by atoms with E-state index in [1.54, 1.807) is 0 Å². The van der Waals surface area contributed by atoms with Crippen LogP contribution in [-0.2, 0) is 9.59 Å². The lowest BCUT2D eigenvalue weighted by Crippen LogP contribution is -2.30. The van der Waals surface area contributed by atoms with E-state index in [9.17, 15) is 9.59 Å². The lowest BCUT2D eigenvalue weighted by molar-refractivity contribution is -0.129. The Morgan fingerprint density at radius 3 is 2.90 bits per heavy atom. The second-order valence-corrected chi connectivity index (χ2v) is 2.45. The average molecular weight is 163 g/mol. The molecule has 0 aliphatic carbocycles. The van der Waals surface area contributed by atoms with E-state index >= 15 is 0 Å². The minimum Gasteiger partial charge on any atom is -0.320 e. The fraction of sp³-hybridized carbons (Fsp3) is 0.600. The third kappa shape index (κ3) is 1.68. The predicted octanol–water partition coefficient (Wildman–Crippen LogP) is -0.859. The van der Waals surface area contributed by atoms with Crippen LogP contribution < -0.4 is 5.32 Å². The van der Waals surface area contributed by atoms with Crippen LogP contribution in [-0.4, -0.2) is 35.8 Å². The quantitative estimate of drug-likeness (QED) is 0.538. The summed E-state index contributed by atoms with van der Waals surface area (Å²) in [7, 11) is 0. The largest absolute Gasteiger partial charge is 0.320 e. The summed E-state index contributed by atoms with van der Waals surface area (Å²) < 4.78 is 0. The molecule has 1 saturated heterocycles.